The Morgan fingerprint density at radius 1 is 1.57 bits per heavy atom. The average Bonchev–Trinajstić information content (AvgIpc) is 2.60. The predicted octanol–water partition coefficient (Wildman–Crippen LogP) is 2.34. The molecule has 1 unspecified atom stereocenters. The third kappa shape index (κ3) is 1.45. The van der Waals surface area contributed by atoms with Gasteiger partial charge in [-0.15, -0.1) is 0 Å². The van der Waals surface area contributed by atoms with Crippen LogP contribution in [0, 0.1) is 5.92 Å². The summed E-state index contributed by atoms with van der Waals surface area (Å²) in [5.41, 5.74) is 2.28. The van der Waals surface area contributed by atoms with Crippen LogP contribution in [0.25, 0.3) is 0 Å². The molecule has 2 nitrogen and oxygen atoms in total. The van der Waals surface area contributed by atoms with Gasteiger partial charge >= 0.3 is 0 Å². The van der Waals surface area contributed by atoms with Crippen LogP contribution in [0.15, 0.2) is 18.3 Å². The lowest BCUT2D eigenvalue weighted by atomic mass is 9.93. The molecule has 0 aromatic carbocycles. The molecule has 74 valence electrons. The summed E-state index contributed by atoms with van der Waals surface area (Å²) in [5, 5.41) is 0. The van der Waals surface area contributed by atoms with Crippen LogP contribution < -0.4 is 0 Å². The molecule has 0 amide bonds. The van der Waals surface area contributed by atoms with E-state index >= 15 is 0 Å². The van der Waals surface area contributed by atoms with Crippen LogP contribution in [0.3, 0.4) is 0 Å². The minimum Gasteiger partial charge on any atom is -0.299 e. The van der Waals surface area contributed by atoms with Gasteiger partial charge < -0.3 is 0 Å². The number of aromatic nitrogens is 1. The third-order valence-corrected chi connectivity index (χ3v) is 2.87. The number of aryl methyl sites for hydroxylation is 1. The van der Waals surface area contributed by atoms with E-state index < -0.39 is 0 Å². The van der Waals surface area contributed by atoms with E-state index in [0.29, 0.717) is 5.78 Å². The summed E-state index contributed by atoms with van der Waals surface area (Å²) in [6.07, 6.45) is 3.74. The van der Waals surface area contributed by atoms with Crippen LogP contribution in [0.2, 0.25) is 0 Å². The summed E-state index contributed by atoms with van der Waals surface area (Å²) in [7, 11) is 0. The zero-order valence-electron chi connectivity index (χ0n) is 8.66. The van der Waals surface area contributed by atoms with Crippen LogP contribution >= 0.6 is 0 Å². The SMILES string of the molecule is CC(C)C(=O)C1CCc2cccnc21. The highest BCUT2D eigenvalue weighted by Crippen LogP contribution is 2.33. The average molecular weight is 189 g/mol. The molecule has 0 saturated carbocycles. The van der Waals surface area contributed by atoms with E-state index in [1.807, 2.05) is 19.9 Å². The van der Waals surface area contributed by atoms with E-state index in [0.717, 1.165) is 18.5 Å². The lowest BCUT2D eigenvalue weighted by Crippen LogP contribution is -2.16. The van der Waals surface area contributed by atoms with Crippen molar-refractivity contribution in [3.8, 4) is 0 Å². The molecule has 0 spiro atoms. The van der Waals surface area contributed by atoms with Gasteiger partial charge in [0.25, 0.3) is 0 Å². The highest BCUT2D eigenvalue weighted by atomic mass is 16.1. The molecule has 0 aliphatic heterocycles. The number of hydrogen-bond donors (Lipinski definition) is 0. The Morgan fingerprint density at radius 3 is 3.07 bits per heavy atom. The molecule has 1 atom stereocenters. The second-order valence-corrected chi connectivity index (χ2v) is 4.20. The molecule has 1 aromatic rings. The first-order chi connectivity index (χ1) is 6.70. The van der Waals surface area contributed by atoms with Gasteiger partial charge in [0.1, 0.15) is 5.78 Å². The number of carbonyl (C=O) groups excluding carboxylic acids is 1. The van der Waals surface area contributed by atoms with Gasteiger partial charge in [-0.3, -0.25) is 9.78 Å². The number of ketones is 1. The van der Waals surface area contributed by atoms with Crippen LogP contribution in [0.1, 0.15) is 37.4 Å². The number of fused-ring (bicyclic) bond motifs is 1. The quantitative estimate of drug-likeness (QED) is 0.714. The fraction of sp³-hybridized carbons (Fsp3) is 0.500. The normalized spacial score (nSPS) is 19.8. The van der Waals surface area contributed by atoms with Crippen molar-refractivity contribution in [1.82, 2.24) is 4.98 Å². The molecule has 14 heavy (non-hydrogen) atoms. The van der Waals surface area contributed by atoms with Gasteiger partial charge in [-0.05, 0) is 24.5 Å². The summed E-state index contributed by atoms with van der Waals surface area (Å²) >= 11 is 0. The van der Waals surface area contributed by atoms with Crippen LogP contribution in [-0.4, -0.2) is 10.8 Å². The Morgan fingerprint density at radius 2 is 2.36 bits per heavy atom. The Kier molecular flexibility index (Phi) is 2.36. The maximum absolute atomic E-state index is 11.9. The van der Waals surface area contributed by atoms with Gasteiger partial charge in [0.15, 0.2) is 0 Å². The smallest absolute Gasteiger partial charge is 0.144 e. The lowest BCUT2D eigenvalue weighted by Gasteiger charge is -2.11. The summed E-state index contributed by atoms with van der Waals surface area (Å²) in [5.74, 6) is 0.515. The van der Waals surface area contributed by atoms with Crippen molar-refractivity contribution in [3.63, 3.8) is 0 Å². The third-order valence-electron chi connectivity index (χ3n) is 2.87. The first-order valence-corrected chi connectivity index (χ1v) is 5.17. The Balaban J connectivity index is 2.30. The molecule has 1 heterocycles. The first-order valence-electron chi connectivity index (χ1n) is 5.17. The van der Waals surface area contributed by atoms with E-state index in [4.69, 9.17) is 0 Å². The molecule has 0 saturated heterocycles. The van der Waals surface area contributed by atoms with Crippen LogP contribution in [0.5, 0.6) is 0 Å². The highest BCUT2D eigenvalue weighted by Gasteiger charge is 2.30. The summed E-state index contributed by atoms with van der Waals surface area (Å²) < 4.78 is 0. The molecule has 2 rings (SSSR count). The molecule has 2 heteroatoms. The molecule has 1 aromatic heterocycles. The van der Waals surface area contributed by atoms with Crippen LogP contribution in [-0.2, 0) is 11.2 Å². The van der Waals surface area contributed by atoms with Gasteiger partial charge in [0, 0.05) is 12.1 Å². The molecule has 0 radical (unpaired) electrons. The highest BCUT2D eigenvalue weighted by molar-refractivity contribution is 5.87. The number of Topliss-reactive ketones (excluding diaryl/α,β-unsaturated/α-hetero) is 1. The Labute approximate surface area is 84.4 Å². The Hall–Kier alpha value is -1.18. The molecule has 0 N–H and O–H groups in total. The zero-order chi connectivity index (χ0) is 10.1. The van der Waals surface area contributed by atoms with Crippen molar-refractivity contribution in [2.75, 3.05) is 0 Å². The fourth-order valence-corrected chi connectivity index (χ4v) is 2.09. The van der Waals surface area contributed by atoms with E-state index in [1.165, 1.54) is 5.56 Å². The maximum Gasteiger partial charge on any atom is 0.144 e. The van der Waals surface area contributed by atoms with Crippen molar-refractivity contribution in [2.24, 2.45) is 5.92 Å². The zero-order valence-corrected chi connectivity index (χ0v) is 8.66. The topological polar surface area (TPSA) is 30.0 Å². The number of nitrogens with zero attached hydrogens (tertiary/aromatic N) is 1. The summed E-state index contributed by atoms with van der Waals surface area (Å²) in [6.45, 7) is 3.92. The first kappa shape index (κ1) is 9.38. The molecular weight excluding hydrogens is 174 g/mol. The van der Waals surface area contributed by atoms with E-state index in [-0.39, 0.29) is 11.8 Å². The van der Waals surface area contributed by atoms with Crippen LogP contribution in [0.4, 0.5) is 0 Å². The molecular formula is C12H15NO. The maximum atomic E-state index is 11.9. The number of pyridine rings is 1. The minimum absolute atomic E-state index is 0.0613. The lowest BCUT2D eigenvalue weighted by molar-refractivity contribution is -0.123. The number of hydrogen-bond acceptors (Lipinski definition) is 2. The van der Waals surface area contributed by atoms with Crippen molar-refractivity contribution >= 4 is 5.78 Å². The monoisotopic (exact) mass is 189 g/mol. The van der Waals surface area contributed by atoms with E-state index in [2.05, 4.69) is 11.1 Å². The summed E-state index contributed by atoms with van der Waals surface area (Å²) in [6, 6.07) is 4.02. The van der Waals surface area contributed by atoms with Gasteiger partial charge in [-0.2, -0.15) is 0 Å². The van der Waals surface area contributed by atoms with Gasteiger partial charge in [-0.1, -0.05) is 19.9 Å². The second kappa shape index (κ2) is 3.52. The number of rotatable bonds is 2. The predicted molar refractivity (Wildman–Crippen MR) is 55.1 cm³/mol. The van der Waals surface area contributed by atoms with Crippen molar-refractivity contribution in [3.05, 3.63) is 29.6 Å². The van der Waals surface area contributed by atoms with E-state index in [9.17, 15) is 4.79 Å². The summed E-state index contributed by atoms with van der Waals surface area (Å²) in [4.78, 5) is 16.2. The fourth-order valence-electron chi connectivity index (χ4n) is 2.09. The second-order valence-electron chi connectivity index (χ2n) is 4.20. The largest absolute Gasteiger partial charge is 0.299 e. The molecule has 1 aliphatic carbocycles. The number of carbonyl (C=O) groups is 1. The van der Waals surface area contributed by atoms with Gasteiger partial charge in [-0.25, -0.2) is 0 Å². The van der Waals surface area contributed by atoms with Crippen molar-refractivity contribution in [1.29, 1.82) is 0 Å². The van der Waals surface area contributed by atoms with E-state index in [1.54, 1.807) is 6.20 Å². The van der Waals surface area contributed by atoms with Crippen molar-refractivity contribution in [2.45, 2.75) is 32.6 Å². The molecule has 1 aliphatic rings. The molecule has 0 fully saturated rings. The minimum atomic E-state index is 0.0613. The van der Waals surface area contributed by atoms with Gasteiger partial charge in [0.05, 0.1) is 11.6 Å². The van der Waals surface area contributed by atoms with Crippen molar-refractivity contribution < 1.29 is 4.79 Å². The van der Waals surface area contributed by atoms with Gasteiger partial charge in [0.2, 0.25) is 0 Å². The molecule has 0 bridgehead atoms. The Bertz CT molecular complexity index is 357. The standard InChI is InChI=1S/C12H15NO/c1-8(2)12(14)10-6-5-9-4-3-7-13-11(9)10/h3-4,7-8,10H,5-6H2,1-2H3.